The van der Waals surface area contributed by atoms with E-state index in [9.17, 15) is 5.11 Å². The van der Waals surface area contributed by atoms with Crippen LogP contribution in [-0.2, 0) is 4.74 Å². The molecule has 1 N–H and O–H groups in total. The molecule has 0 aliphatic carbocycles. The average molecular weight is 222 g/mol. The van der Waals surface area contributed by atoms with Gasteiger partial charge in [-0.25, -0.2) is 0 Å². The smallest absolute Gasteiger partial charge is 0.0623 e. The number of benzene rings is 1. The van der Waals surface area contributed by atoms with Crippen LogP contribution in [0.1, 0.15) is 38.2 Å². The molecule has 16 heavy (non-hydrogen) atoms. The van der Waals surface area contributed by atoms with Crippen LogP contribution in [0.2, 0.25) is 0 Å². The molecule has 0 spiro atoms. The summed E-state index contributed by atoms with van der Waals surface area (Å²) in [6.45, 7) is 4.35. The maximum Gasteiger partial charge on any atom is 0.0623 e. The molecule has 0 radical (unpaired) electrons. The number of rotatable bonds is 6. The average Bonchev–Trinajstić information content (AvgIpc) is 2.31. The first kappa shape index (κ1) is 13.2. The number of hydrogen-bond acceptors (Lipinski definition) is 2. The third-order valence-electron chi connectivity index (χ3n) is 3.14. The van der Waals surface area contributed by atoms with Crippen LogP contribution in [0.5, 0.6) is 0 Å². The van der Waals surface area contributed by atoms with Crippen LogP contribution >= 0.6 is 0 Å². The standard InChI is InChI=1S/C14H22O2/c1-14(2,16-3)10-9-13(11-15)12-7-5-4-6-8-12/h4-8,13,15H,9-11H2,1-3H3. The second-order valence-electron chi connectivity index (χ2n) is 4.79. The van der Waals surface area contributed by atoms with Crippen molar-refractivity contribution in [2.75, 3.05) is 13.7 Å². The summed E-state index contributed by atoms with van der Waals surface area (Å²) >= 11 is 0. The zero-order valence-electron chi connectivity index (χ0n) is 10.4. The molecule has 0 fully saturated rings. The van der Waals surface area contributed by atoms with Crippen LogP contribution in [-0.4, -0.2) is 24.4 Å². The summed E-state index contributed by atoms with van der Waals surface area (Å²) in [6.07, 6.45) is 1.89. The summed E-state index contributed by atoms with van der Waals surface area (Å²) in [5.41, 5.74) is 1.10. The Morgan fingerprint density at radius 3 is 2.38 bits per heavy atom. The monoisotopic (exact) mass is 222 g/mol. The van der Waals surface area contributed by atoms with Crippen molar-refractivity contribution in [2.45, 2.75) is 38.2 Å². The number of aliphatic hydroxyl groups is 1. The second kappa shape index (κ2) is 6.02. The molecule has 0 aliphatic rings. The first-order valence-electron chi connectivity index (χ1n) is 5.80. The second-order valence-corrected chi connectivity index (χ2v) is 4.79. The molecule has 1 rings (SSSR count). The van der Waals surface area contributed by atoms with Gasteiger partial charge in [0.1, 0.15) is 0 Å². The number of methoxy groups -OCH3 is 1. The van der Waals surface area contributed by atoms with Crippen LogP contribution in [0.3, 0.4) is 0 Å². The molecule has 2 nitrogen and oxygen atoms in total. The molecule has 0 aromatic heterocycles. The van der Waals surface area contributed by atoms with Crippen LogP contribution in [0.15, 0.2) is 30.3 Å². The van der Waals surface area contributed by atoms with E-state index in [4.69, 9.17) is 4.74 Å². The molecule has 0 saturated heterocycles. The Bertz CT molecular complexity index is 293. The van der Waals surface area contributed by atoms with Crippen molar-refractivity contribution in [1.29, 1.82) is 0 Å². The summed E-state index contributed by atoms with van der Waals surface area (Å²) in [5.74, 6) is 0.218. The highest BCUT2D eigenvalue weighted by atomic mass is 16.5. The molecular formula is C14H22O2. The first-order chi connectivity index (χ1) is 7.59. The molecule has 2 heteroatoms. The van der Waals surface area contributed by atoms with Gasteiger partial charge in [-0.3, -0.25) is 0 Å². The van der Waals surface area contributed by atoms with Gasteiger partial charge in [0.25, 0.3) is 0 Å². The highest BCUT2D eigenvalue weighted by molar-refractivity contribution is 5.19. The van der Waals surface area contributed by atoms with Crippen LogP contribution in [0, 0.1) is 0 Å². The summed E-state index contributed by atoms with van der Waals surface area (Å²) in [4.78, 5) is 0. The molecule has 1 atom stereocenters. The minimum absolute atomic E-state index is 0.109. The minimum atomic E-state index is -0.109. The molecule has 0 bridgehead atoms. The van der Waals surface area contributed by atoms with E-state index in [0.717, 1.165) is 12.8 Å². The fourth-order valence-electron chi connectivity index (χ4n) is 1.71. The Morgan fingerprint density at radius 1 is 1.25 bits per heavy atom. The van der Waals surface area contributed by atoms with Gasteiger partial charge in [-0.2, -0.15) is 0 Å². The maximum atomic E-state index is 9.41. The van der Waals surface area contributed by atoms with E-state index >= 15 is 0 Å². The fourth-order valence-corrected chi connectivity index (χ4v) is 1.71. The highest BCUT2D eigenvalue weighted by Gasteiger charge is 2.19. The SMILES string of the molecule is COC(C)(C)CCC(CO)c1ccccc1. The predicted molar refractivity (Wildman–Crippen MR) is 66.6 cm³/mol. The molecule has 1 aromatic rings. The number of hydrogen-bond donors (Lipinski definition) is 1. The van der Waals surface area contributed by atoms with E-state index in [-0.39, 0.29) is 18.1 Å². The lowest BCUT2D eigenvalue weighted by molar-refractivity contribution is 0.0111. The molecule has 0 saturated carbocycles. The topological polar surface area (TPSA) is 29.5 Å². The van der Waals surface area contributed by atoms with Gasteiger partial charge in [0.05, 0.1) is 5.60 Å². The van der Waals surface area contributed by atoms with E-state index in [2.05, 4.69) is 26.0 Å². The van der Waals surface area contributed by atoms with Gasteiger partial charge in [-0.1, -0.05) is 30.3 Å². The maximum absolute atomic E-state index is 9.41. The lowest BCUT2D eigenvalue weighted by atomic mass is 9.90. The lowest BCUT2D eigenvalue weighted by Crippen LogP contribution is -2.23. The Kier molecular flexibility index (Phi) is 4.97. The van der Waals surface area contributed by atoms with Gasteiger partial charge in [0.15, 0.2) is 0 Å². The van der Waals surface area contributed by atoms with Crippen molar-refractivity contribution >= 4 is 0 Å². The third kappa shape index (κ3) is 3.95. The zero-order chi connectivity index (χ0) is 12.0. The lowest BCUT2D eigenvalue weighted by Gasteiger charge is -2.25. The summed E-state index contributed by atoms with van der Waals surface area (Å²) < 4.78 is 5.39. The fraction of sp³-hybridized carbons (Fsp3) is 0.571. The van der Waals surface area contributed by atoms with E-state index < -0.39 is 0 Å². The molecule has 0 amide bonds. The molecular weight excluding hydrogens is 200 g/mol. The molecule has 1 aromatic carbocycles. The van der Waals surface area contributed by atoms with Crippen LogP contribution in [0.4, 0.5) is 0 Å². The number of ether oxygens (including phenoxy) is 1. The summed E-state index contributed by atoms with van der Waals surface area (Å²) in [6, 6.07) is 10.2. The quantitative estimate of drug-likeness (QED) is 0.802. The van der Waals surface area contributed by atoms with Gasteiger partial charge < -0.3 is 9.84 Å². The Morgan fingerprint density at radius 2 is 1.88 bits per heavy atom. The van der Waals surface area contributed by atoms with Gasteiger partial charge in [0.2, 0.25) is 0 Å². The van der Waals surface area contributed by atoms with Crippen LogP contribution in [0.25, 0.3) is 0 Å². The van der Waals surface area contributed by atoms with E-state index in [1.165, 1.54) is 5.56 Å². The normalized spacial score (nSPS) is 13.8. The Balaban J connectivity index is 2.57. The molecule has 0 heterocycles. The largest absolute Gasteiger partial charge is 0.396 e. The predicted octanol–water partition coefficient (Wildman–Crippen LogP) is 2.97. The van der Waals surface area contributed by atoms with Crippen molar-refractivity contribution in [1.82, 2.24) is 0 Å². The minimum Gasteiger partial charge on any atom is -0.396 e. The molecule has 1 unspecified atom stereocenters. The molecule has 0 aliphatic heterocycles. The van der Waals surface area contributed by atoms with Gasteiger partial charge in [0, 0.05) is 19.6 Å². The van der Waals surface area contributed by atoms with Gasteiger partial charge in [-0.15, -0.1) is 0 Å². The number of aliphatic hydroxyl groups excluding tert-OH is 1. The Labute approximate surface area is 98.3 Å². The van der Waals surface area contributed by atoms with Gasteiger partial charge >= 0.3 is 0 Å². The van der Waals surface area contributed by atoms with Crippen molar-refractivity contribution in [3.05, 3.63) is 35.9 Å². The molecule has 90 valence electrons. The van der Waals surface area contributed by atoms with Crippen molar-refractivity contribution in [3.8, 4) is 0 Å². The van der Waals surface area contributed by atoms with E-state index in [1.807, 2.05) is 18.2 Å². The van der Waals surface area contributed by atoms with Gasteiger partial charge in [-0.05, 0) is 32.3 Å². The van der Waals surface area contributed by atoms with Crippen molar-refractivity contribution in [2.24, 2.45) is 0 Å². The first-order valence-corrected chi connectivity index (χ1v) is 5.80. The Hall–Kier alpha value is -0.860. The summed E-state index contributed by atoms with van der Waals surface area (Å²) in [7, 11) is 1.73. The van der Waals surface area contributed by atoms with E-state index in [1.54, 1.807) is 7.11 Å². The summed E-state index contributed by atoms with van der Waals surface area (Å²) in [5, 5.41) is 9.41. The zero-order valence-corrected chi connectivity index (χ0v) is 10.4. The van der Waals surface area contributed by atoms with E-state index in [0.29, 0.717) is 0 Å². The highest BCUT2D eigenvalue weighted by Crippen LogP contribution is 2.25. The van der Waals surface area contributed by atoms with Crippen LogP contribution < -0.4 is 0 Å². The van der Waals surface area contributed by atoms with Crippen molar-refractivity contribution in [3.63, 3.8) is 0 Å². The van der Waals surface area contributed by atoms with Crippen molar-refractivity contribution < 1.29 is 9.84 Å². The third-order valence-corrected chi connectivity index (χ3v) is 3.14.